The molecule has 2 aromatic carbocycles. The van der Waals surface area contributed by atoms with Crippen LogP contribution >= 0.6 is 0 Å². The van der Waals surface area contributed by atoms with E-state index in [-0.39, 0.29) is 0 Å². The number of hydrogen-bond donors (Lipinski definition) is 1. The van der Waals surface area contributed by atoms with Crippen molar-refractivity contribution in [3.63, 3.8) is 0 Å². The zero-order chi connectivity index (χ0) is 14.9. The van der Waals surface area contributed by atoms with E-state index in [9.17, 15) is 5.11 Å². The number of aryl methyl sites for hydroxylation is 1. The highest BCUT2D eigenvalue weighted by molar-refractivity contribution is 5.32. The molecule has 1 nitrogen and oxygen atoms in total. The van der Waals surface area contributed by atoms with Gasteiger partial charge in [0.1, 0.15) is 5.75 Å². The van der Waals surface area contributed by atoms with Gasteiger partial charge in [-0.25, -0.2) is 0 Å². The smallest absolute Gasteiger partial charge is 0.115 e. The number of aromatic hydroxyl groups is 1. The average Bonchev–Trinajstić information content (AvgIpc) is 2.51. The quantitative estimate of drug-likeness (QED) is 0.634. The second-order valence-corrected chi connectivity index (χ2v) is 5.82. The van der Waals surface area contributed by atoms with Crippen LogP contribution in [0.1, 0.15) is 55.7 Å². The first kappa shape index (κ1) is 15.6. The third-order valence-corrected chi connectivity index (χ3v) is 3.94. The van der Waals surface area contributed by atoms with Crippen molar-refractivity contribution in [2.24, 2.45) is 0 Å². The Morgan fingerprint density at radius 1 is 0.667 bits per heavy atom. The van der Waals surface area contributed by atoms with Crippen molar-refractivity contribution in [1.29, 1.82) is 0 Å². The van der Waals surface area contributed by atoms with E-state index in [2.05, 4.69) is 31.2 Å². The molecule has 0 unspecified atom stereocenters. The molecule has 1 heteroatoms. The van der Waals surface area contributed by atoms with E-state index in [1.807, 2.05) is 12.1 Å². The maximum atomic E-state index is 9.30. The van der Waals surface area contributed by atoms with Gasteiger partial charge in [-0.3, -0.25) is 0 Å². The lowest BCUT2D eigenvalue weighted by molar-refractivity contribution is 0.475. The normalized spacial score (nSPS) is 10.7. The van der Waals surface area contributed by atoms with E-state index >= 15 is 0 Å². The first-order valence-electron chi connectivity index (χ1n) is 8.13. The molecule has 0 spiro atoms. The molecule has 0 saturated carbocycles. The van der Waals surface area contributed by atoms with Gasteiger partial charge >= 0.3 is 0 Å². The molecule has 2 rings (SSSR count). The molecule has 0 radical (unpaired) electrons. The molecule has 0 aliphatic heterocycles. The summed E-state index contributed by atoms with van der Waals surface area (Å²) in [6.45, 7) is 2.26. The van der Waals surface area contributed by atoms with Gasteiger partial charge in [0, 0.05) is 0 Å². The van der Waals surface area contributed by atoms with Crippen molar-refractivity contribution >= 4 is 0 Å². The van der Waals surface area contributed by atoms with E-state index in [1.54, 1.807) is 12.1 Å². The van der Waals surface area contributed by atoms with Crippen LogP contribution in [-0.4, -0.2) is 5.11 Å². The Balaban J connectivity index is 1.80. The van der Waals surface area contributed by atoms with Gasteiger partial charge in [-0.1, -0.05) is 69.0 Å². The monoisotopic (exact) mass is 282 g/mol. The van der Waals surface area contributed by atoms with Gasteiger partial charge in [-0.15, -0.1) is 0 Å². The fourth-order valence-corrected chi connectivity index (χ4v) is 2.61. The Hall–Kier alpha value is -1.76. The number of hydrogen-bond acceptors (Lipinski definition) is 1. The van der Waals surface area contributed by atoms with E-state index in [0.29, 0.717) is 5.75 Å². The van der Waals surface area contributed by atoms with E-state index in [4.69, 9.17) is 0 Å². The van der Waals surface area contributed by atoms with Crippen LogP contribution in [0.3, 0.4) is 0 Å². The predicted molar refractivity (Wildman–Crippen MR) is 89.8 cm³/mol. The Bertz CT molecular complexity index is 511. The minimum Gasteiger partial charge on any atom is -0.508 e. The molecule has 21 heavy (non-hydrogen) atoms. The zero-order valence-corrected chi connectivity index (χ0v) is 13.0. The summed E-state index contributed by atoms with van der Waals surface area (Å²) in [5.74, 6) is 0.331. The van der Waals surface area contributed by atoms with Crippen molar-refractivity contribution in [3.8, 4) is 5.75 Å². The molecule has 0 heterocycles. The van der Waals surface area contributed by atoms with E-state index in [0.717, 1.165) is 6.42 Å². The zero-order valence-electron chi connectivity index (χ0n) is 13.0. The maximum absolute atomic E-state index is 9.30. The van der Waals surface area contributed by atoms with Gasteiger partial charge < -0.3 is 5.11 Å². The Labute approximate surface area is 128 Å². The lowest BCUT2D eigenvalue weighted by Crippen LogP contribution is -1.90. The summed E-state index contributed by atoms with van der Waals surface area (Å²) < 4.78 is 0. The first-order valence-corrected chi connectivity index (χ1v) is 8.13. The van der Waals surface area contributed by atoms with Crippen molar-refractivity contribution in [2.75, 3.05) is 0 Å². The fourth-order valence-electron chi connectivity index (χ4n) is 2.61. The molecule has 0 aliphatic rings. The van der Waals surface area contributed by atoms with Crippen LogP contribution < -0.4 is 0 Å². The first-order chi connectivity index (χ1) is 10.3. The van der Waals surface area contributed by atoms with E-state index in [1.165, 1.54) is 55.2 Å². The molecule has 1 N–H and O–H groups in total. The average molecular weight is 282 g/mol. The lowest BCUT2D eigenvalue weighted by Gasteiger charge is -2.05. The SMILES string of the molecule is CCCCCCCc1ccc(Cc2ccc(O)cc2)cc1. The summed E-state index contributed by atoms with van der Waals surface area (Å²) in [7, 11) is 0. The molecule has 0 atom stereocenters. The van der Waals surface area contributed by atoms with Crippen LogP contribution in [0.5, 0.6) is 5.75 Å². The summed E-state index contributed by atoms with van der Waals surface area (Å²) in [5.41, 5.74) is 4.01. The molecular weight excluding hydrogens is 256 g/mol. The molecule has 112 valence electrons. The standard InChI is InChI=1S/C20H26O/c1-2-3-4-5-6-7-17-8-10-18(11-9-17)16-19-12-14-20(21)15-13-19/h8-15,21H,2-7,16H2,1H3. The molecule has 0 aliphatic carbocycles. The van der Waals surface area contributed by atoms with Gasteiger partial charge in [0.15, 0.2) is 0 Å². The molecule has 0 fully saturated rings. The summed E-state index contributed by atoms with van der Waals surface area (Å²) in [6, 6.07) is 16.4. The van der Waals surface area contributed by atoms with Crippen molar-refractivity contribution in [1.82, 2.24) is 0 Å². The summed E-state index contributed by atoms with van der Waals surface area (Å²) in [4.78, 5) is 0. The number of phenols is 1. The highest BCUT2D eigenvalue weighted by Gasteiger charge is 1.98. The lowest BCUT2D eigenvalue weighted by atomic mass is 10.0. The highest BCUT2D eigenvalue weighted by Crippen LogP contribution is 2.15. The number of phenolic OH excluding ortho intramolecular Hbond substituents is 1. The molecule has 0 aromatic heterocycles. The van der Waals surface area contributed by atoms with Gasteiger partial charge in [0.2, 0.25) is 0 Å². The summed E-state index contributed by atoms with van der Waals surface area (Å²) >= 11 is 0. The van der Waals surface area contributed by atoms with Gasteiger partial charge in [-0.2, -0.15) is 0 Å². The molecule has 0 saturated heterocycles. The third-order valence-electron chi connectivity index (χ3n) is 3.94. The minimum absolute atomic E-state index is 0.331. The predicted octanol–water partition coefficient (Wildman–Crippen LogP) is 5.50. The largest absolute Gasteiger partial charge is 0.508 e. The maximum Gasteiger partial charge on any atom is 0.115 e. The van der Waals surface area contributed by atoms with Crippen LogP contribution in [0.4, 0.5) is 0 Å². The number of unbranched alkanes of at least 4 members (excludes halogenated alkanes) is 4. The number of benzene rings is 2. The Morgan fingerprint density at radius 2 is 1.19 bits per heavy atom. The highest BCUT2D eigenvalue weighted by atomic mass is 16.3. The van der Waals surface area contributed by atoms with Crippen LogP contribution in [0, 0.1) is 0 Å². The summed E-state index contributed by atoms with van der Waals surface area (Å²) in [6.07, 6.45) is 8.83. The van der Waals surface area contributed by atoms with Crippen molar-refractivity contribution in [2.45, 2.75) is 51.9 Å². The van der Waals surface area contributed by atoms with Crippen molar-refractivity contribution in [3.05, 3.63) is 65.2 Å². The van der Waals surface area contributed by atoms with Gasteiger partial charge in [0.25, 0.3) is 0 Å². The van der Waals surface area contributed by atoms with Crippen LogP contribution in [0.15, 0.2) is 48.5 Å². The van der Waals surface area contributed by atoms with E-state index < -0.39 is 0 Å². The van der Waals surface area contributed by atoms with Crippen LogP contribution in [0.2, 0.25) is 0 Å². The molecule has 2 aromatic rings. The topological polar surface area (TPSA) is 20.2 Å². The number of rotatable bonds is 8. The molecular formula is C20H26O. The second kappa shape index (κ2) is 8.51. The van der Waals surface area contributed by atoms with Crippen LogP contribution in [0.25, 0.3) is 0 Å². The van der Waals surface area contributed by atoms with Crippen LogP contribution in [-0.2, 0) is 12.8 Å². The third kappa shape index (κ3) is 5.63. The fraction of sp³-hybridized carbons (Fsp3) is 0.400. The second-order valence-electron chi connectivity index (χ2n) is 5.82. The Morgan fingerprint density at radius 3 is 1.81 bits per heavy atom. The Kier molecular flexibility index (Phi) is 6.33. The van der Waals surface area contributed by atoms with Crippen molar-refractivity contribution < 1.29 is 5.11 Å². The molecule has 0 amide bonds. The summed E-state index contributed by atoms with van der Waals surface area (Å²) in [5, 5.41) is 9.30. The van der Waals surface area contributed by atoms with Gasteiger partial charge in [0.05, 0.1) is 0 Å². The molecule has 0 bridgehead atoms. The minimum atomic E-state index is 0.331. The van der Waals surface area contributed by atoms with Gasteiger partial charge in [-0.05, 0) is 48.1 Å².